The topological polar surface area (TPSA) is 86.7 Å². The number of carbonyl (C=O) groups excluding carboxylic acids is 2. The van der Waals surface area contributed by atoms with Gasteiger partial charge in [-0.2, -0.15) is 13.2 Å². The molecule has 2 heterocycles. The first-order chi connectivity index (χ1) is 17.6. The van der Waals surface area contributed by atoms with Crippen LogP contribution >= 0.6 is 0 Å². The molecule has 2 aliphatic heterocycles. The monoisotopic (exact) mass is 518 g/mol. The number of amides is 2. The molecule has 11 heteroatoms. The van der Waals surface area contributed by atoms with Crippen LogP contribution in [0.3, 0.4) is 0 Å². The van der Waals surface area contributed by atoms with Crippen LogP contribution in [0.5, 0.6) is 5.75 Å². The molecule has 0 radical (unpaired) electrons. The van der Waals surface area contributed by atoms with E-state index < -0.39 is 49.3 Å². The molecular weight excluding hydrogens is 493 g/mol. The third-order valence-electron chi connectivity index (χ3n) is 5.75. The van der Waals surface area contributed by atoms with Gasteiger partial charge in [-0.3, -0.25) is 4.79 Å². The highest BCUT2D eigenvalue weighted by Crippen LogP contribution is 2.34. The summed E-state index contributed by atoms with van der Waals surface area (Å²) in [5, 5.41) is 0. The highest BCUT2D eigenvalue weighted by molar-refractivity contribution is 6.18. The number of ether oxygens (including phenoxy) is 4. The highest BCUT2D eigenvalue weighted by Gasteiger charge is 2.48. The van der Waals surface area contributed by atoms with E-state index in [0.717, 1.165) is 4.90 Å². The molecule has 1 saturated heterocycles. The standard InChI is InChI=1S/C26H25F3N2O6/c1-3-4-13-21-23(32)31(24(33)37-21)19-11-8-12-20(14-19)34-15-25(35-16-26(27,28)29)17(2)36-22(30-25)18-9-6-5-7-10-18/h3-12,14,17,21H,13,15-16H2,1-2H3. The van der Waals surface area contributed by atoms with Crippen molar-refractivity contribution in [1.29, 1.82) is 0 Å². The molecule has 3 unspecified atom stereocenters. The smallest absolute Gasteiger partial charge is 0.422 e. The van der Waals surface area contributed by atoms with Gasteiger partial charge in [0.05, 0.1) is 5.69 Å². The summed E-state index contributed by atoms with van der Waals surface area (Å²) in [5.41, 5.74) is -1.02. The molecule has 2 aromatic rings. The molecule has 2 aliphatic rings. The van der Waals surface area contributed by atoms with Gasteiger partial charge >= 0.3 is 12.3 Å². The summed E-state index contributed by atoms with van der Waals surface area (Å²) in [5.74, 6) is -0.217. The van der Waals surface area contributed by atoms with Crippen molar-refractivity contribution in [2.24, 2.45) is 4.99 Å². The van der Waals surface area contributed by atoms with Crippen LogP contribution < -0.4 is 9.64 Å². The number of carbonyl (C=O) groups is 2. The SMILES string of the molecule is CC=CCC1OC(=O)N(c2cccc(OCC3(OCC(F)(F)F)N=C(c4ccccc4)OC3C)c2)C1=O. The van der Waals surface area contributed by atoms with Crippen molar-refractivity contribution in [3.8, 4) is 5.75 Å². The lowest BCUT2D eigenvalue weighted by Crippen LogP contribution is -2.46. The fourth-order valence-corrected chi connectivity index (χ4v) is 3.81. The van der Waals surface area contributed by atoms with Crippen molar-refractivity contribution in [3.05, 3.63) is 72.3 Å². The summed E-state index contributed by atoms with van der Waals surface area (Å²) in [6.07, 6.45) is -3.56. The molecule has 196 valence electrons. The molecule has 0 aliphatic carbocycles. The predicted molar refractivity (Wildman–Crippen MR) is 127 cm³/mol. The highest BCUT2D eigenvalue weighted by atomic mass is 19.4. The van der Waals surface area contributed by atoms with Gasteiger partial charge in [0.1, 0.15) is 19.0 Å². The maximum atomic E-state index is 13.1. The van der Waals surface area contributed by atoms with E-state index in [1.54, 1.807) is 62.4 Å². The van der Waals surface area contributed by atoms with Crippen LogP contribution in [-0.4, -0.2) is 55.2 Å². The Morgan fingerprint density at radius 2 is 1.86 bits per heavy atom. The molecule has 2 aromatic carbocycles. The van der Waals surface area contributed by atoms with Crippen molar-refractivity contribution in [2.45, 2.75) is 44.4 Å². The molecule has 0 aromatic heterocycles. The maximum absolute atomic E-state index is 13.1. The molecule has 37 heavy (non-hydrogen) atoms. The summed E-state index contributed by atoms with van der Waals surface area (Å²) >= 11 is 0. The molecule has 0 N–H and O–H groups in total. The van der Waals surface area contributed by atoms with Gasteiger partial charge in [-0.1, -0.05) is 36.4 Å². The summed E-state index contributed by atoms with van der Waals surface area (Å²) in [6.45, 7) is 1.34. The van der Waals surface area contributed by atoms with Crippen LogP contribution in [0.2, 0.25) is 0 Å². The largest absolute Gasteiger partial charge is 0.488 e. The van der Waals surface area contributed by atoms with Gasteiger partial charge in [0.25, 0.3) is 5.91 Å². The average Bonchev–Trinajstić information content (AvgIpc) is 3.35. The molecular formula is C26H25F3N2O6. The van der Waals surface area contributed by atoms with Gasteiger partial charge in [-0.15, -0.1) is 0 Å². The summed E-state index contributed by atoms with van der Waals surface area (Å²) in [6, 6.07) is 14.7. The van der Waals surface area contributed by atoms with Crippen LogP contribution in [0.15, 0.2) is 71.7 Å². The van der Waals surface area contributed by atoms with Gasteiger partial charge in [0.2, 0.25) is 11.6 Å². The number of benzene rings is 2. The molecule has 1 fully saturated rings. The Morgan fingerprint density at radius 3 is 2.57 bits per heavy atom. The van der Waals surface area contributed by atoms with Crippen LogP contribution in [0.4, 0.5) is 23.7 Å². The van der Waals surface area contributed by atoms with Crippen molar-refractivity contribution in [1.82, 2.24) is 0 Å². The zero-order chi connectivity index (χ0) is 26.6. The van der Waals surface area contributed by atoms with Crippen molar-refractivity contribution < 1.29 is 41.7 Å². The first-order valence-electron chi connectivity index (χ1n) is 11.5. The number of alkyl halides is 3. The summed E-state index contributed by atoms with van der Waals surface area (Å²) in [4.78, 5) is 30.3. The minimum absolute atomic E-state index is 0.130. The van der Waals surface area contributed by atoms with Crippen LogP contribution in [0, 0.1) is 0 Å². The number of halogens is 3. The van der Waals surface area contributed by atoms with Crippen LogP contribution in [0.25, 0.3) is 0 Å². The van der Waals surface area contributed by atoms with E-state index in [1.165, 1.54) is 18.2 Å². The first kappa shape index (κ1) is 26.2. The third-order valence-corrected chi connectivity index (χ3v) is 5.75. The van der Waals surface area contributed by atoms with E-state index in [1.807, 2.05) is 0 Å². The Bertz CT molecular complexity index is 1200. The lowest BCUT2D eigenvalue weighted by molar-refractivity contribution is -0.219. The van der Waals surface area contributed by atoms with Crippen LogP contribution in [-0.2, 0) is 19.0 Å². The number of cyclic esters (lactones) is 1. The Hall–Kier alpha value is -3.86. The number of anilines is 1. The van der Waals surface area contributed by atoms with Gasteiger partial charge in [-0.05, 0) is 38.1 Å². The second-order valence-electron chi connectivity index (χ2n) is 8.43. The summed E-state index contributed by atoms with van der Waals surface area (Å²) < 4.78 is 61.1. The van der Waals surface area contributed by atoms with Crippen molar-refractivity contribution in [3.63, 3.8) is 0 Å². The molecule has 3 atom stereocenters. The van der Waals surface area contributed by atoms with E-state index in [-0.39, 0.29) is 23.8 Å². The molecule has 2 amide bonds. The fraction of sp³-hybridized carbons (Fsp3) is 0.346. The van der Waals surface area contributed by atoms with Crippen molar-refractivity contribution in [2.75, 3.05) is 18.1 Å². The zero-order valence-corrected chi connectivity index (χ0v) is 20.1. The number of hydrogen-bond acceptors (Lipinski definition) is 7. The number of imide groups is 1. The van der Waals surface area contributed by atoms with Gasteiger partial charge < -0.3 is 18.9 Å². The number of allylic oxidation sites excluding steroid dienone is 1. The lowest BCUT2D eigenvalue weighted by Gasteiger charge is -2.29. The molecule has 0 bridgehead atoms. The second kappa shape index (κ2) is 10.6. The van der Waals surface area contributed by atoms with E-state index in [2.05, 4.69) is 4.99 Å². The lowest BCUT2D eigenvalue weighted by atomic mass is 10.1. The molecule has 8 nitrogen and oxygen atoms in total. The number of rotatable bonds is 9. The van der Waals surface area contributed by atoms with E-state index in [9.17, 15) is 22.8 Å². The Morgan fingerprint density at radius 1 is 1.11 bits per heavy atom. The van der Waals surface area contributed by atoms with Crippen LogP contribution in [0.1, 0.15) is 25.8 Å². The Balaban J connectivity index is 1.55. The quantitative estimate of drug-likeness (QED) is 0.433. The van der Waals surface area contributed by atoms with Gasteiger partial charge in [-0.25, -0.2) is 14.7 Å². The van der Waals surface area contributed by atoms with Crippen molar-refractivity contribution >= 4 is 23.6 Å². The number of aliphatic imine (C=N–C) groups is 1. The number of nitrogens with zero attached hydrogens (tertiary/aromatic N) is 2. The number of hydrogen-bond donors (Lipinski definition) is 0. The fourth-order valence-electron chi connectivity index (χ4n) is 3.81. The summed E-state index contributed by atoms with van der Waals surface area (Å²) in [7, 11) is 0. The molecule has 0 saturated carbocycles. The van der Waals surface area contributed by atoms with Gasteiger partial charge in [0.15, 0.2) is 12.2 Å². The third kappa shape index (κ3) is 5.93. The Kier molecular flexibility index (Phi) is 7.53. The molecule has 4 rings (SSSR count). The maximum Gasteiger partial charge on any atom is 0.422 e. The minimum Gasteiger partial charge on any atom is -0.488 e. The second-order valence-corrected chi connectivity index (χ2v) is 8.43. The average molecular weight is 518 g/mol. The molecule has 0 spiro atoms. The Labute approximate surface area is 211 Å². The van der Waals surface area contributed by atoms with Gasteiger partial charge in [0, 0.05) is 18.1 Å². The van der Waals surface area contributed by atoms with E-state index >= 15 is 0 Å². The minimum atomic E-state index is -4.60. The van der Waals surface area contributed by atoms with E-state index in [0.29, 0.717) is 5.56 Å². The normalized spacial score (nSPS) is 23.8. The zero-order valence-electron chi connectivity index (χ0n) is 20.1. The van der Waals surface area contributed by atoms with E-state index in [4.69, 9.17) is 18.9 Å². The first-order valence-corrected chi connectivity index (χ1v) is 11.5. The predicted octanol–water partition coefficient (Wildman–Crippen LogP) is 5.02.